The number of ether oxygens (including phenoxy) is 1. The van der Waals surface area contributed by atoms with Crippen LogP contribution in [0.1, 0.15) is 25.0 Å². The van der Waals surface area contributed by atoms with Crippen molar-refractivity contribution in [1.29, 1.82) is 0 Å². The summed E-state index contributed by atoms with van der Waals surface area (Å²) < 4.78 is 7.79. The second-order valence-electron chi connectivity index (χ2n) is 7.06. The van der Waals surface area contributed by atoms with Crippen LogP contribution in [0.4, 0.5) is 10.5 Å². The predicted octanol–water partition coefficient (Wildman–Crippen LogP) is 4.29. The van der Waals surface area contributed by atoms with Crippen LogP contribution in [-0.2, 0) is 13.1 Å². The van der Waals surface area contributed by atoms with Crippen LogP contribution >= 0.6 is 0 Å². The highest BCUT2D eigenvalue weighted by Crippen LogP contribution is 2.24. The number of amides is 2. The van der Waals surface area contributed by atoms with E-state index in [1.165, 1.54) is 0 Å². The summed E-state index contributed by atoms with van der Waals surface area (Å²) in [4.78, 5) is 16.4. The molecule has 6 nitrogen and oxygen atoms in total. The molecule has 0 spiro atoms. The van der Waals surface area contributed by atoms with Gasteiger partial charge in [0.15, 0.2) is 0 Å². The molecule has 0 atom stereocenters. The van der Waals surface area contributed by atoms with Gasteiger partial charge < -0.3 is 19.9 Å². The fourth-order valence-corrected chi connectivity index (χ4v) is 2.73. The molecular formula is C22H26N4O2. The number of imidazole rings is 1. The third kappa shape index (κ3) is 5.87. The molecule has 0 saturated heterocycles. The molecular weight excluding hydrogens is 352 g/mol. The van der Waals surface area contributed by atoms with Gasteiger partial charge in [-0.15, -0.1) is 0 Å². The minimum atomic E-state index is -0.263. The Morgan fingerprint density at radius 3 is 2.75 bits per heavy atom. The van der Waals surface area contributed by atoms with E-state index in [0.29, 0.717) is 30.5 Å². The average molecular weight is 378 g/mol. The van der Waals surface area contributed by atoms with Crippen LogP contribution in [0.3, 0.4) is 0 Å². The van der Waals surface area contributed by atoms with Crippen molar-refractivity contribution < 1.29 is 9.53 Å². The van der Waals surface area contributed by atoms with Gasteiger partial charge in [0.25, 0.3) is 0 Å². The first-order chi connectivity index (χ1) is 13.6. The van der Waals surface area contributed by atoms with Gasteiger partial charge in [0.1, 0.15) is 5.75 Å². The predicted molar refractivity (Wildman–Crippen MR) is 110 cm³/mol. The lowest BCUT2D eigenvalue weighted by molar-refractivity contribution is 0.251. The van der Waals surface area contributed by atoms with Crippen molar-refractivity contribution in [3.05, 3.63) is 78.4 Å². The van der Waals surface area contributed by atoms with E-state index in [1.54, 1.807) is 12.5 Å². The topological polar surface area (TPSA) is 68.2 Å². The third-order valence-electron chi connectivity index (χ3n) is 4.08. The van der Waals surface area contributed by atoms with E-state index in [9.17, 15) is 4.79 Å². The van der Waals surface area contributed by atoms with E-state index in [2.05, 4.69) is 41.6 Å². The average Bonchev–Trinajstić information content (AvgIpc) is 3.19. The molecule has 2 N–H and O–H groups in total. The number of nitrogens with zero attached hydrogens (tertiary/aromatic N) is 2. The summed E-state index contributed by atoms with van der Waals surface area (Å²) in [5.41, 5.74) is 2.86. The lowest BCUT2D eigenvalue weighted by atomic mass is 10.1. The number of para-hydroxylation sites is 2. The molecule has 28 heavy (non-hydrogen) atoms. The van der Waals surface area contributed by atoms with Gasteiger partial charge in [0, 0.05) is 25.5 Å². The number of rotatable bonds is 8. The largest absolute Gasteiger partial charge is 0.491 e. The summed E-state index contributed by atoms with van der Waals surface area (Å²) in [6, 6.07) is 15.3. The van der Waals surface area contributed by atoms with Crippen LogP contribution in [0.5, 0.6) is 5.75 Å². The van der Waals surface area contributed by atoms with Crippen LogP contribution in [-0.4, -0.2) is 22.2 Å². The fraction of sp³-hybridized carbons (Fsp3) is 0.273. The first-order valence-corrected chi connectivity index (χ1v) is 9.40. The molecule has 0 radical (unpaired) electrons. The molecule has 146 valence electrons. The number of anilines is 1. The Morgan fingerprint density at radius 2 is 1.96 bits per heavy atom. The number of urea groups is 1. The SMILES string of the molecule is CC(C)COc1ccccc1NC(=O)NCc1cccc(Cn2ccnc2)c1. The van der Waals surface area contributed by atoms with Gasteiger partial charge in [0.2, 0.25) is 0 Å². The zero-order valence-corrected chi connectivity index (χ0v) is 16.3. The number of carbonyl (C=O) groups is 1. The first kappa shape index (κ1) is 19.5. The second-order valence-corrected chi connectivity index (χ2v) is 7.06. The summed E-state index contributed by atoms with van der Waals surface area (Å²) in [5.74, 6) is 1.09. The van der Waals surface area contributed by atoms with Gasteiger partial charge in [0.05, 0.1) is 18.6 Å². The van der Waals surface area contributed by atoms with Gasteiger partial charge in [-0.2, -0.15) is 0 Å². The van der Waals surface area contributed by atoms with E-state index < -0.39 is 0 Å². The Balaban J connectivity index is 1.55. The molecule has 0 saturated carbocycles. The van der Waals surface area contributed by atoms with Crippen molar-refractivity contribution in [2.75, 3.05) is 11.9 Å². The van der Waals surface area contributed by atoms with Crippen LogP contribution in [0, 0.1) is 5.92 Å². The van der Waals surface area contributed by atoms with Crippen molar-refractivity contribution >= 4 is 11.7 Å². The number of carbonyl (C=O) groups excluding carboxylic acids is 1. The molecule has 0 aliphatic carbocycles. The summed E-state index contributed by atoms with van der Waals surface area (Å²) >= 11 is 0. The molecule has 1 heterocycles. The normalized spacial score (nSPS) is 10.7. The summed E-state index contributed by atoms with van der Waals surface area (Å²) in [6.45, 7) is 5.97. The minimum absolute atomic E-state index is 0.263. The van der Waals surface area contributed by atoms with Crippen LogP contribution in [0.2, 0.25) is 0 Å². The van der Waals surface area contributed by atoms with E-state index in [1.807, 2.05) is 47.2 Å². The molecule has 0 aliphatic rings. The molecule has 3 rings (SSSR count). The van der Waals surface area contributed by atoms with Crippen molar-refractivity contribution in [2.24, 2.45) is 5.92 Å². The van der Waals surface area contributed by atoms with Crippen molar-refractivity contribution in [2.45, 2.75) is 26.9 Å². The van der Waals surface area contributed by atoms with Crippen molar-refractivity contribution in [3.63, 3.8) is 0 Å². The van der Waals surface area contributed by atoms with Crippen molar-refractivity contribution in [1.82, 2.24) is 14.9 Å². The molecule has 1 aromatic heterocycles. The molecule has 2 amide bonds. The maximum absolute atomic E-state index is 12.3. The number of hydrogen-bond acceptors (Lipinski definition) is 3. The lowest BCUT2D eigenvalue weighted by Gasteiger charge is -2.14. The van der Waals surface area contributed by atoms with Crippen molar-refractivity contribution in [3.8, 4) is 5.75 Å². The Kier molecular flexibility index (Phi) is 6.68. The minimum Gasteiger partial charge on any atom is -0.491 e. The first-order valence-electron chi connectivity index (χ1n) is 9.40. The number of aromatic nitrogens is 2. The highest BCUT2D eigenvalue weighted by Gasteiger charge is 2.08. The zero-order valence-electron chi connectivity index (χ0n) is 16.3. The molecule has 0 aliphatic heterocycles. The molecule has 0 bridgehead atoms. The highest BCUT2D eigenvalue weighted by molar-refractivity contribution is 5.90. The summed E-state index contributed by atoms with van der Waals surface area (Å²) in [7, 11) is 0. The quantitative estimate of drug-likeness (QED) is 0.614. The van der Waals surface area contributed by atoms with Crippen LogP contribution in [0.25, 0.3) is 0 Å². The van der Waals surface area contributed by atoms with E-state index in [-0.39, 0.29) is 6.03 Å². The molecule has 3 aromatic rings. The lowest BCUT2D eigenvalue weighted by Crippen LogP contribution is -2.28. The van der Waals surface area contributed by atoms with Gasteiger partial charge in [-0.05, 0) is 29.2 Å². The third-order valence-corrected chi connectivity index (χ3v) is 4.08. The van der Waals surface area contributed by atoms with Gasteiger partial charge in [-0.1, -0.05) is 50.2 Å². The zero-order chi connectivity index (χ0) is 19.8. The van der Waals surface area contributed by atoms with E-state index in [0.717, 1.165) is 17.7 Å². The van der Waals surface area contributed by atoms with Gasteiger partial charge in [-0.3, -0.25) is 0 Å². The summed E-state index contributed by atoms with van der Waals surface area (Å²) in [6.07, 6.45) is 5.48. The molecule has 6 heteroatoms. The monoisotopic (exact) mass is 378 g/mol. The number of hydrogen-bond donors (Lipinski definition) is 2. The molecule has 2 aromatic carbocycles. The Bertz CT molecular complexity index is 891. The fourth-order valence-electron chi connectivity index (χ4n) is 2.73. The molecule has 0 fully saturated rings. The molecule has 0 unspecified atom stereocenters. The highest BCUT2D eigenvalue weighted by atomic mass is 16.5. The standard InChI is InChI=1S/C22H26N4O2/c1-17(2)15-28-21-9-4-3-8-20(21)25-22(27)24-13-18-6-5-7-19(12-18)14-26-11-10-23-16-26/h3-12,16-17H,13-15H2,1-2H3,(H2,24,25,27). The Labute approximate surface area is 165 Å². The maximum Gasteiger partial charge on any atom is 0.319 e. The Morgan fingerprint density at radius 1 is 1.14 bits per heavy atom. The van der Waals surface area contributed by atoms with E-state index >= 15 is 0 Å². The Hall–Kier alpha value is -3.28. The summed E-state index contributed by atoms with van der Waals surface area (Å²) in [5, 5.41) is 5.77. The maximum atomic E-state index is 12.3. The van der Waals surface area contributed by atoms with Gasteiger partial charge in [-0.25, -0.2) is 9.78 Å². The van der Waals surface area contributed by atoms with E-state index in [4.69, 9.17) is 4.74 Å². The number of nitrogens with one attached hydrogen (secondary N) is 2. The second kappa shape index (κ2) is 9.60. The smallest absolute Gasteiger partial charge is 0.319 e. The number of benzene rings is 2. The van der Waals surface area contributed by atoms with Crippen LogP contribution in [0.15, 0.2) is 67.3 Å². The van der Waals surface area contributed by atoms with Crippen LogP contribution < -0.4 is 15.4 Å². The van der Waals surface area contributed by atoms with Gasteiger partial charge >= 0.3 is 6.03 Å².